The van der Waals surface area contributed by atoms with Gasteiger partial charge in [-0.25, -0.2) is 0 Å². The van der Waals surface area contributed by atoms with Crippen LogP contribution in [0.25, 0.3) is 0 Å². The molecule has 0 aromatic carbocycles. The molecule has 0 radical (unpaired) electrons. The maximum atomic E-state index is 11.6. The van der Waals surface area contributed by atoms with Crippen molar-refractivity contribution in [1.82, 2.24) is 0 Å². The third-order valence-corrected chi connectivity index (χ3v) is 6.45. The number of rotatable bonds is 4. The molecule has 1 saturated heterocycles. The third-order valence-electron chi connectivity index (χ3n) is 6.45. The van der Waals surface area contributed by atoms with Crippen molar-refractivity contribution in [3.63, 3.8) is 0 Å². The van der Waals surface area contributed by atoms with E-state index in [9.17, 15) is 9.90 Å². The van der Waals surface area contributed by atoms with Crippen LogP contribution < -0.4 is 0 Å². The number of hydrogen-bond acceptors (Lipinski definition) is 4. The van der Waals surface area contributed by atoms with E-state index in [4.69, 9.17) is 9.47 Å². The number of methoxy groups -OCH3 is 1. The van der Waals surface area contributed by atoms with Gasteiger partial charge in [0, 0.05) is 13.5 Å². The molecule has 0 aromatic rings. The van der Waals surface area contributed by atoms with Gasteiger partial charge in [0.1, 0.15) is 6.10 Å². The lowest BCUT2D eigenvalue weighted by Gasteiger charge is -2.44. The van der Waals surface area contributed by atoms with E-state index < -0.39 is 6.10 Å². The summed E-state index contributed by atoms with van der Waals surface area (Å²) in [5.74, 6) is 2.25. The number of cyclic esters (lactones) is 1. The van der Waals surface area contributed by atoms with Crippen LogP contribution in [0.1, 0.15) is 58.8 Å². The standard InChI is InChI=1S/C20H32O4/c1-12-4-6-18-14(8-12)9-19(23-3)13(2)17(18)7-5-16-10-15(21)11-20(22)24-16/h9,12-13,15-19,21H,4-8,10-11H2,1-3H3. The van der Waals surface area contributed by atoms with Crippen LogP contribution in [-0.2, 0) is 14.3 Å². The molecule has 24 heavy (non-hydrogen) atoms. The average molecular weight is 336 g/mol. The first-order valence-corrected chi connectivity index (χ1v) is 9.58. The largest absolute Gasteiger partial charge is 0.462 e. The molecule has 1 saturated carbocycles. The predicted molar refractivity (Wildman–Crippen MR) is 92.4 cm³/mol. The second kappa shape index (κ2) is 7.57. The molecule has 2 aliphatic carbocycles. The fraction of sp³-hybridized carbons (Fsp3) is 0.850. The van der Waals surface area contributed by atoms with Crippen LogP contribution in [0.4, 0.5) is 0 Å². The summed E-state index contributed by atoms with van der Waals surface area (Å²) in [5.41, 5.74) is 1.59. The van der Waals surface area contributed by atoms with Crippen LogP contribution in [0.3, 0.4) is 0 Å². The molecule has 0 amide bonds. The molecule has 3 rings (SSSR count). The van der Waals surface area contributed by atoms with Gasteiger partial charge >= 0.3 is 5.97 Å². The number of allylic oxidation sites excluding steroid dienone is 1. The zero-order valence-electron chi connectivity index (χ0n) is 15.2. The van der Waals surface area contributed by atoms with Crippen molar-refractivity contribution in [1.29, 1.82) is 0 Å². The Bertz CT molecular complexity index is 486. The molecular formula is C20H32O4. The van der Waals surface area contributed by atoms with Crippen molar-refractivity contribution in [2.75, 3.05) is 7.11 Å². The quantitative estimate of drug-likeness (QED) is 0.631. The minimum atomic E-state index is -0.530. The second-order valence-electron chi connectivity index (χ2n) is 8.24. The Balaban J connectivity index is 1.67. The van der Waals surface area contributed by atoms with Gasteiger partial charge in [0.15, 0.2) is 0 Å². The minimum Gasteiger partial charge on any atom is -0.462 e. The van der Waals surface area contributed by atoms with Gasteiger partial charge in [-0.05, 0) is 55.8 Å². The number of hydrogen-bond donors (Lipinski definition) is 1. The molecule has 1 heterocycles. The summed E-state index contributed by atoms with van der Waals surface area (Å²) < 4.78 is 11.2. The van der Waals surface area contributed by atoms with E-state index in [1.54, 1.807) is 12.7 Å². The molecule has 7 unspecified atom stereocenters. The van der Waals surface area contributed by atoms with Crippen molar-refractivity contribution >= 4 is 5.97 Å². The van der Waals surface area contributed by atoms with Gasteiger partial charge in [0.05, 0.1) is 18.6 Å². The van der Waals surface area contributed by atoms with Gasteiger partial charge in [0.25, 0.3) is 0 Å². The molecule has 4 nitrogen and oxygen atoms in total. The van der Waals surface area contributed by atoms with Crippen molar-refractivity contribution < 1.29 is 19.4 Å². The highest BCUT2D eigenvalue weighted by atomic mass is 16.5. The maximum absolute atomic E-state index is 11.6. The number of carbonyl (C=O) groups excluding carboxylic acids is 1. The third kappa shape index (κ3) is 3.85. The van der Waals surface area contributed by atoms with Gasteiger partial charge in [-0.2, -0.15) is 0 Å². The average Bonchev–Trinajstić information content (AvgIpc) is 2.52. The number of carbonyl (C=O) groups is 1. The van der Waals surface area contributed by atoms with Crippen LogP contribution in [0, 0.1) is 23.7 Å². The predicted octanol–water partition coefficient (Wildman–Crippen LogP) is 3.48. The lowest BCUT2D eigenvalue weighted by atomic mass is 9.63. The van der Waals surface area contributed by atoms with E-state index in [2.05, 4.69) is 19.9 Å². The van der Waals surface area contributed by atoms with Crippen LogP contribution in [0.15, 0.2) is 11.6 Å². The molecule has 0 bridgehead atoms. The highest BCUT2D eigenvalue weighted by Gasteiger charge is 2.40. The Kier molecular flexibility index (Phi) is 5.66. The van der Waals surface area contributed by atoms with Crippen LogP contribution >= 0.6 is 0 Å². The molecular weight excluding hydrogens is 304 g/mol. The van der Waals surface area contributed by atoms with E-state index in [1.807, 2.05) is 0 Å². The normalized spacial score (nSPS) is 42.9. The molecule has 136 valence electrons. The van der Waals surface area contributed by atoms with Crippen LogP contribution in [0.2, 0.25) is 0 Å². The molecule has 4 heteroatoms. The fourth-order valence-corrected chi connectivity index (χ4v) is 5.12. The van der Waals surface area contributed by atoms with Gasteiger partial charge in [0.2, 0.25) is 0 Å². The highest BCUT2D eigenvalue weighted by Crippen LogP contribution is 2.47. The summed E-state index contributed by atoms with van der Waals surface area (Å²) in [5, 5.41) is 9.81. The molecule has 0 aromatic heterocycles. The van der Waals surface area contributed by atoms with Gasteiger partial charge in [-0.3, -0.25) is 4.79 Å². The molecule has 3 aliphatic rings. The SMILES string of the molecule is COC1C=C2CC(C)CCC2C(CCC2CC(O)CC(=O)O2)C1C. The highest BCUT2D eigenvalue weighted by molar-refractivity contribution is 5.70. The number of esters is 1. The number of ether oxygens (including phenoxy) is 2. The van der Waals surface area contributed by atoms with Crippen molar-refractivity contribution in [2.24, 2.45) is 23.7 Å². The van der Waals surface area contributed by atoms with Crippen molar-refractivity contribution in [3.8, 4) is 0 Å². The van der Waals surface area contributed by atoms with E-state index in [0.29, 0.717) is 24.2 Å². The van der Waals surface area contributed by atoms with Gasteiger partial charge in [-0.15, -0.1) is 0 Å². The summed E-state index contributed by atoms with van der Waals surface area (Å²) in [6.07, 6.45) is 8.34. The summed E-state index contributed by atoms with van der Waals surface area (Å²) in [6.45, 7) is 4.64. The Morgan fingerprint density at radius 1 is 1.25 bits per heavy atom. The Hall–Kier alpha value is -0.870. The Morgan fingerprint density at radius 3 is 2.75 bits per heavy atom. The maximum Gasteiger partial charge on any atom is 0.308 e. The van der Waals surface area contributed by atoms with E-state index in [0.717, 1.165) is 18.8 Å². The zero-order valence-corrected chi connectivity index (χ0v) is 15.2. The lowest BCUT2D eigenvalue weighted by Crippen LogP contribution is -2.40. The zero-order chi connectivity index (χ0) is 17.3. The lowest BCUT2D eigenvalue weighted by molar-refractivity contribution is -0.160. The first-order valence-electron chi connectivity index (χ1n) is 9.58. The van der Waals surface area contributed by atoms with E-state index in [1.165, 1.54) is 19.3 Å². The Labute approximate surface area is 145 Å². The van der Waals surface area contributed by atoms with Gasteiger partial charge in [-0.1, -0.05) is 25.5 Å². The minimum absolute atomic E-state index is 0.119. The number of aliphatic hydroxyl groups is 1. The van der Waals surface area contributed by atoms with Crippen LogP contribution in [0.5, 0.6) is 0 Å². The molecule has 2 fully saturated rings. The van der Waals surface area contributed by atoms with E-state index in [-0.39, 0.29) is 24.6 Å². The van der Waals surface area contributed by atoms with Crippen molar-refractivity contribution in [3.05, 3.63) is 11.6 Å². The first kappa shape index (κ1) is 17.9. The number of fused-ring (bicyclic) bond motifs is 1. The molecule has 0 spiro atoms. The monoisotopic (exact) mass is 336 g/mol. The van der Waals surface area contributed by atoms with Gasteiger partial charge < -0.3 is 14.6 Å². The summed E-state index contributed by atoms with van der Waals surface area (Å²) in [4.78, 5) is 11.6. The summed E-state index contributed by atoms with van der Waals surface area (Å²) >= 11 is 0. The topological polar surface area (TPSA) is 55.8 Å². The summed E-state index contributed by atoms with van der Waals surface area (Å²) in [6, 6.07) is 0. The fourth-order valence-electron chi connectivity index (χ4n) is 5.12. The van der Waals surface area contributed by atoms with E-state index >= 15 is 0 Å². The summed E-state index contributed by atoms with van der Waals surface area (Å²) in [7, 11) is 1.81. The molecule has 7 atom stereocenters. The first-order chi connectivity index (χ1) is 11.5. The molecule has 1 N–H and O–H groups in total. The second-order valence-corrected chi connectivity index (χ2v) is 8.24. The number of aliphatic hydroxyl groups excluding tert-OH is 1. The molecule has 1 aliphatic heterocycles. The Morgan fingerprint density at radius 2 is 2.04 bits per heavy atom. The van der Waals surface area contributed by atoms with Crippen molar-refractivity contribution in [2.45, 2.75) is 77.1 Å². The van der Waals surface area contributed by atoms with Crippen LogP contribution in [-0.4, -0.2) is 36.5 Å². The smallest absolute Gasteiger partial charge is 0.308 e.